The second-order valence-electron chi connectivity index (χ2n) is 9.10. The maximum absolute atomic E-state index is 13.1. The topological polar surface area (TPSA) is 110 Å². The van der Waals surface area contributed by atoms with Gasteiger partial charge in [-0.3, -0.25) is 9.59 Å². The molecule has 0 saturated heterocycles. The van der Waals surface area contributed by atoms with Crippen LogP contribution in [0.2, 0.25) is 5.02 Å². The summed E-state index contributed by atoms with van der Waals surface area (Å²) in [4.78, 5) is 27.0. The minimum absolute atomic E-state index is 0.188. The summed E-state index contributed by atoms with van der Waals surface area (Å²) in [7, 11) is -1.82. The number of carbonyl (C=O) groups is 2. The zero-order valence-electron chi connectivity index (χ0n) is 21.4. The molecule has 8 nitrogen and oxygen atoms in total. The first-order valence-electron chi connectivity index (χ1n) is 12.0. The molecule has 0 saturated carbocycles. The molecule has 200 valence electrons. The van der Waals surface area contributed by atoms with Gasteiger partial charge < -0.3 is 10.6 Å². The van der Waals surface area contributed by atoms with Crippen LogP contribution >= 0.6 is 23.4 Å². The number of benzene rings is 3. The number of fused-ring (bicyclic) bond motifs is 3. The number of nitrogens with one attached hydrogen (secondary N) is 2. The molecule has 0 atom stereocenters. The Morgan fingerprint density at radius 3 is 2.41 bits per heavy atom. The summed E-state index contributed by atoms with van der Waals surface area (Å²) >= 11 is 7.83. The summed E-state index contributed by atoms with van der Waals surface area (Å²) in [6.45, 7) is 0. The molecule has 0 aliphatic heterocycles. The van der Waals surface area contributed by atoms with Gasteiger partial charge in [0.25, 0.3) is 11.8 Å². The standard InChI is InChI=1S/C28H25ClN4O4S2/c1-30-28(35)25-21-12-5-16-4-6-17(31-27(34)23-15-19(38-2)9-13-24(23)29)14-22(16)26(21)33(32-25)18-7-10-20(11-8-18)39(3,36)37/h4,6-11,13-15H,5,12H2,1-3H3,(H,30,35)(H,31,34). The molecule has 0 radical (unpaired) electrons. The molecule has 2 N–H and O–H groups in total. The average Bonchev–Trinajstić information content (AvgIpc) is 3.32. The second kappa shape index (κ2) is 10.5. The lowest BCUT2D eigenvalue weighted by Gasteiger charge is -2.20. The number of thioether (sulfide) groups is 1. The van der Waals surface area contributed by atoms with Crippen LogP contribution in [0.25, 0.3) is 16.9 Å². The Bertz CT molecular complexity index is 1730. The minimum Gasteiger partial charge on any atom is -0.354 e. The van der Waals surface area contributed by atoms with E-state index in [1.54, 1.807) is 36.0 Å². The van der Waals surface area contributed by atoms with Crippen LogP contribution < -0.4 is 10.6 Å². The smallest absolute Gasteiger partial charge is 0.271 e. The van der Waals surface area contributed by atoms with Crippen molar-refractivity contribution < 1.29 is 18.0 Å². The van der Waals surface area contributed by atoms with Crippen LogP contribution in [0.4, 0.5) is 5.69 Å². The van der Waals surface area contributed by atoms with Gasteiger partial charge in [-0.05, 0) is 79.3 Å². The molecule has 2 amide bonds. The number of halogens is 1. The molecule has 0 fully saturated rings. The quantitative estimate of drug-likeness (QED) is 0.310. The van der Waals surface area contributed by atoms with E-state index in [1.165, 1.54) is 23.9 Å². The lowest BCUT2D eigenvalue weighted by Crippen LogP contribution is -2.20. The third kappa shape index (κ3) is 5.19. The number of aromatic nitrogens is 2. The highest BCUT2D eigenvalue weighted by molar-refractivity contribution is 7.98. The van der Waals surface area contributed by atoms with E-state index in [9.17, 15) is 18.0 Å². The molecular formula is C28H25ClN4O4S2. The molecule has 0 spiro atoms. The van der Waals surface area contributed by atoms with Crippen molar-refractivity contribution in [1.29, 1.82) is 0 Å². The number of aryl methyl sites for hydroxylation is 1. The summed E-state index contributed by atoms with van der Waals surface area (Å²) < 4.78 is 25.6. The molecule has 1 aliphatic rings. The Hall–Kier alpha value is -3.60. The highest BCUT2D eigenvalue weighted by Gasteiger charge is 2.29. The highest BCUT2D eigenvalue weighted by atomic mass is 35.5. The van der Waals surface area contributed by atoms with Crippen molar-refractivity contribution in [3.8, 4) is 16.9 Å². The molecular weight excluding hydrogens is 556 g/mol. The largest absolute Gasteiger partial charge is 0.354 e. The van der Waals surface area contributed by atoms with Crippen LogP contribution in [0.1, 0.15) is 32.0 Å². The van der Waals surface area contributed by atoms with Gasteiger partial charge in [0.1, 0.15) is 0 Å². The van der Waals surface area contributed by atoms with Crippen molar-refractivity contribution in [2.24, 2.45) is 0 Å². The number of nitrogens with zero attached hydrogens (tertiary/aromatic N) is 2. The molecule has 39 heavy (non-hydrogen) atoms. The number of rotatable bonds is 6. The molecule has 4 aromatic rings. The molecule has 1 heterocycles. The Morgan fingerprint density at radius 2 is 1.74 bits per heavy atom. The van der Waals surface area contributed by atoms with Crippen LogP contribution in [0.3, 0.4) is 0 Å². The number of hydrogen-bond acceptors (Lipinski definition) is 6. The van der Waals surface area contributed by atoms with Crippen LogP contribution in [0.15, 0.2) is 70.5 Å². The predicted molar refractivity (Wildman–Crippen MR) is 154 cm³/mol. The van der Waals surface area contributed by atoms with Crippen LogP contribution in [0, 0.1) is 0 Å². The van der Waals surface area contributed by atoms with Gasteiger partial charge in [0.15, 0.2) is 15.5 Å². The van der Waals surface area contributed by atoms with Crippen LogP contribution in [-0.2, 0) is 22.7 Å². The second-order valence-corrected chi connectivity index (χ2v) is 12.4. The van der Waals surface area contributed by atoms with Crippen LogP contribution in [0.5, 0.6) is 0 Å². The van der Waals surface area contributed by atoms with Crippen molar-refractivity contribution in [3.63, 3.8) is 0 Å². The maximum atomic E-state index is 13.1. The Kier molecular flexibility index (Phi) is 7.28. The van der Waals surface area contributed by atoms with Gasteiger partial charge in [-0.15, -0.1) is 11.8 Å². The molecule has 1 aliphatic carbocycles. The van der Waals surface area contributed by atoms with Crippen molar-refractivity contribution in [3.05, 3.63) is 88.1 Å². The van der Waals surface area contributed by atoms with Gasteiger partial charge in [0.05, 0.1) is 26.9 Å². The molecule has 1 aromatic heterocycles. The number of carbonyl (C=O) groups excluding carboxylic acids is 2. The van der Waals surface area contributed by atoms with Crippen molar-refractivity contribution in [2.45, 2.75) is 22.6 Å². The van der Waals surface area contributed by atoms with Crippen LogP contribution in [-0.4, -0.2) is 49.6 Å². The number of anilines is 1. The Labute approximate surface area is 235 Å². The fourth-order valence-electron chi connectivity index (χ4n) is 4.64. The molecule has 0 bridgehead atoms. The summed E-state index contributed by atoms with van der Waals surface area (Å²) in [6, 6.07) is 17.4. The van der Waals surface area contributed by atoms with Gasteiger partial charge in [-0.1, -0.05) is 17.7 Å². The summed E-state index contributed by atoms with van der Waals surface area (Å²) in [5.41, 5.74) is 5.23. The Morgan fingerprint density at radius 1 is 1.00 bits per heavy atom. The van der Waals surface area contributed by atoms with Gasteiger partial charge in [0, 0.05) is 35.0 Å². The van der Waals surface area contributed by atoms with E-state index in [0.29, 0.717) is 40.5 Å². The summed E-state index contributed by atoms with van der Waals surface area (Å²) in [5.74, 6) is -0.642. The minimum atomic E-state index is -3.37. The van der Waals surface area contributed by atoms with E-state index in [4.69, 9.17) is 11.6 Å². The zero-order chi connectivity index (χ0) is 27.9. The lowest BCUT2D eigenvalue weighted by atomic mass is 9.88. The zero-order valence-corrected chi connectivity index (χ0v) is 23.8. The first kappa shape index (κ1) is 27.0. The van der Waals surface area contributed by atoms with Gasteiger partial charge in [-0.2, -0.15) is 5.10 Å². The first-order valence-corrected chi connectivity index (χ1v) is 15.5. The fraction of sp³-hybridized carbons (Fsp3) is 0.179. The number of amides is 2. The molecule has 11 heteroatoms. The van der Waals surface area contributed by atoms with E-state index in [2.05, 4.69) is 15.7 Å². The summed E-state index contributed by atoms with van der Waals surface area (Å²) in [5, 5.41) is 10.6. The van der Waals surface area contributed by atoms with E-state index >= 15 is 0 Å². The summed E-state index contributed by atoms with van der Waals surface area (Å²) in [6.07, 6.45) is 4.38. The fourth-order valence-corrected chi connectivity index (χ4v) is 5.92. The lowest BCUT2D eigenvalue weighted by molar-refractivity contribution is 0.0956. The van der Waals surface area contributed by atoms with E-state index in [1.807, 2.05) is 30.5 Å². The van der Waals surface area contributed by atoms with Gasteiger partial charge in [0.2, 0.25) is 0 Å². The highest BCUT2D eigenvalue weighted by Crippen LogP contribution is 2.39. The molecule has 3 aromatic carbocycles. The van der Waals surface area contributed by atoms with Crippen molar-refractivity contribution in [1.82, 2.24) is 15.1 Å². The normalized spacial score (nSPS) is 12.4. The molecule has 5 rings (SSSR count). The van der Waals surface area contributed by atoms with Crippen molar-refractivity contribution in [2.75, 3.05) is 24.9 Å². The Balaban J connectivity index is 1.60. The average molecular weight is 581 g/mol. The maximum Gasteiger partial charge on any atom is 0.271 e. The third-order valence-electron chi connectivity index (χ3n) is 6.62. The van der Waals surface area contributed by atoms with E-state index in [0.717, 1.165) is 33.5 Å². The SMILES string of the molecule is CNC(=O)c1nn(-c2ccc(S(C)(=O)=O)cc2)c2c1CCc1ccc(NC(=O)c3cc(SC)ccc3Cl)cc1-2. The third-order valence-corrected chi connectivity index (χ3v) is 8.80. The van der Waals surface area contributed by atoms with E-state index in [-0.39, 0.29) is 16.7 Å². The van der Waals surface area contributed by atoms with Gasteiger partial charge >= 0.3 is 0 Å². The van der Waals surface area contributed by atoms with E-state index < -0.39 is 9.84 Å². The monoisotopic (exact) mass is 580 g/mol. The molecule has 0 unspecified atom stereocenters. The van der Waals surface area contributed by atoms with Crippen molar-refractivity contribution >= 4 is 50.7 Å². The predicted octanol–water partition coefficient (Wildman–Crippen LogP) is 5.03. The first-order chi connectivity index (χ1) is 18.6. The van der Waals surface area contributed by atoms with Gasteiger partial charge in [-0.25, -0.2) is 13.1 Å². The number of sulfone groups is 1. The number of hydrogen-bond donors (Lipinski definition) is 2.